The number of aromatic nitrogens is 5. The van der Waals surface area contributed by atoms with Crippen LogP contribution in [0.25, 0.3) is 10.2 Å². The molecule has 4 heterocycles. The van der Waals surface area contributed by atoms with Crippen molar-refractivity contribution in [2.24, 2.45) is 0 Å². The number of nitrogens with one attached hydrogen (secondary N) is 1. The zero-order valence-electron chi connectivity index (χ0n) is 14.2. The molecule has 1 aliphatic heterocycles. The minimum atomic E-state index is -0.123. The van der Waals surface area contributed by atoms with Crippen molar-refractivity contribution in [3.8, 4) is 0 Å². The molecule has 1 unspecified atom stereocenters. The predicted molar refractivity (Wildman–Crippen MR) is 96.1 cm³/mol. The number of nitrogens with zero attached hydrogens (tertiary/aromatic N) is 5. The number of fused-ring (bicyclic) bond motifs is 3. The molecule has 1 saturated heterocycles. The van der Waals surface area contributed by atoms with E-state index in [4.69, 9.17) is 4.74 Å². The number of morpholine rings is 1. The Morgan fingerprint density at radius 3 is 3.20 bits per heavy atom. The minimum absolute atomic E-state index is 0.123. The molecule has 7 nitrogen and oxygen atoms in total. The lowest BCUT2D eigenvalue weighted by atomic mass is 10.1. The van der Waals surface area contributed by atoms with Gasteiger partial charge in [-0.05, 0) is 24.8 Å². The molecule has 0 amide bonds. The molecule has 0 spiro atoms. The Bertz CT molecular complexity index is 919. The average molecular weight is 356 g/mol. The lowest BCUT2D eigenvalue weighted by molar-refractivity contribution is 0.0340. The molecule has 3 aromatic rings. The van der Waals surface area contributed by atoms with Crippen molar-refractivity contribution in [3.05, 3.63) is 28.4 Å². The minimum Gasteiger partial charge on any atom is -0.366 e. The summed E-state index contributed by atoms with van der Waals surface area (Å²) in [5.41, 5.74) is 1.46. The van der Waals surface area contributed by atoms with Gasteiger partial charge in [0.2, 0.25) is 0 Å². The quantitative estimate of drug-likeness (QED) is 0.776. The second kappa shape index (κ2) is 6.03. The van der Waals surface area contributed by atoms with Gasteiger partial charge in [0.05, 0.1) is 18.5 Å². The van der Waals surface area contributed by atoms with Gasteiger partial charge in [-0.1, -0.05) is 6.92 Å². The molecule has 1 fully saturated rings. The zero-order valence-corrected chi connectivity index (χ0v) is 15.0. The van der Waals surface area contributed by atoms with E-state index in [0.29, 0.717) is 6.61 Å². The van der Waals surface area contributed by atoms with Gasteiger partial charge in [0, 0.05) is 17.8 Å². The molecular weight excluding hydrogens is 336 g/mol. The van der Waals surface area contributed by atoms with E-state index in [1.165, 1.54) is 28.7 Å². The van der Waals surface area contributed by atoms with Crippen LogP contribution in [0.1, 0.15) is 41.5 Å². The van der Waals surface area contributed by atoms with Crippen LogP contribution in [0.4, 0.5) is 5.82 Å². The molecule has 25 heavy (non-hydrogen) atoms. The maximum Gasteiger partial charge on any atom is 0.181 e. The first-order valence-electron chi connectivity index (χ1n) is 8.86. The van der Waals surface area contributed by atoms with Crippen LogP contribution in [0.15, 0.2) is 6.33 Å². The average Bonchev–Trinajstić information content (AvgIpc) is 3.36. The largest absolute Gasteiger partial charge is 0.366 e. The number of aryl methyl sites for hydroxylation is 3. The fraction of sp³-hybridized carbons (Fsp3) is 0.529. The lowest BCUT2D eigenvalue weighted by Crippen LogP contribution is -2.39. The fourth-order valence-electron chi connectivity index (χ4n) is 3.76. The Morgan fingerprint density at radius 1 is 1.36 bits per heavy atom. The third-order valence-corrected chi connectivity index (χ3v) is 6.22. The summed E-state index contributed by atoms with van der Waals surface area (Å²) in [7, 11) is 0. The van der Waals surface area contributed by atoms with Crippen LogP contribution in [0, 0.1) is 0 Å². The van der Waals surface area contributed by atoms with Gasteiger partial charge in [0.1, 0.15) is 28.9 Å². The summed E-state index contributed by atoms with van der Waals surface area (Å²) >= 11 is 1.83. The van der Waals surface area contributed by atoms with Gasteiger partial charge in [-0.15, -0.1) is 11.3 Å². The third-order valence-electron chi connectivity index (χ3n) is 5.02. The number of aromatic amines is 1. The monoisotopic (exact) mass is 356 g/mol. The molecule has 1 atom stereocenters. The van der Waals surface area contributed by atoms with Crippen molar-refractivity contribution in [2.75, 3.05) is 24.6 Å². The normalized spacial score (nSPS) is 20.4. The van der Waals surface area contributed by atoms with E-state index in [1.807, 2.05) is 11.3 Å². The molecule has 3 aromatic heterocycles. The Morgan fingerprint density at radius 2 is 2.32 bits per heavy atom. The third kappa shape index (κ3) is 2.51. The van der Waals surface area contributed by atoms with E-state index >= 15 is 0 Å². The number of hydrogen-bond donors (Lipinski definition) is 1. The summed E-state index contributed by atoms with van der Waals surface area (Å²) < 4.78 is 5.93. The van der Waals surface area contributed by atoms with Gasteiger partial charge < -0.3 is 9.64 Å². The Balaban J connectivity index is 1.49. The first-order valence-corrected chi connectivity index (χ1v) is 9.68. The van der Waals surface area contributed by atoms with Crippen molar-refractivity contribution in [1.82, 2.24) is 25.1 Å². The topological polar surface area (TPSA) is 79.8 Å². The molecule has 5 rings (SSSR count). The van der Waals surface area contributed by atoms with Gasteiger partial charge in [0.25, 0.3) is 0 Å². The standard InChI is InChI=1S/C17H20N6OS/c1-2-13-20-15(22-21-13)11-8-23(6-7-24-11)16-14-10-4-3-5-12(10)25-17(14)19-9-18-16/h9,11H,2-8H2,1H3,(H,20,21,22). The number of ether oxygens (including phenoxy) is 1. The SMILES string of the molecule is CCc1nc(C2CN(c3ncnc4sc5c(c34)CCC5)CCO2)n[nH]1. The molecule has 0 saturated carbocycles. The molecule has 1 aliphatic carbocycles. The van der Waals surface area contributed by atoms with Crippen molar-refractivity contribution >= 4 is 27.4 Å². The highest BCUT2D eigenvalue weighted by molar-refractivity contribution is 7.19. The van der Waals surface area contributed by atoms with E-state index in [1.54, 1.807) is 6.33 Å². The highest BCUT2D eigenvalue weighted by atomic mass is 32.1. The smallest absolute Gasteiger partial charge is 0.181 e. The number of anilines is 1. The van der Waals surface area contributed by atoms with Crippen molar-refractivity contribution in [2.45, 2.75) is 38.7 Å². The van der Waals surface area contributed by atoms with Crippen LogP contribution < -0.4 is 4.90 Å². The van der Waals surface area contributed by atoms with Crippen LogP contribution in [0.5, 0.6) is 0 Å². The molecule has 2 aliphatic rings. The van der Waals surface area contributed by atoms with E-state index in [-0.39, 0.29) is 6.10 Å². The van der Waals surface area contributed by atoms with Gasteiger partial charge >= 0.3 is 0 Å². The maximum atomic E-state index is 5.93. The Hall–Kier alpha value is -2.06. The molecule has 130 valence electrons. The van der Waals surface area contributed by atoms with Crippen molar-refractivity contribution in [3.63, 3.8) is 0 Å². The highest BCUT2D eigenvalue weighted by Gasteiger charge is 2.29. The molecule has 0 radical (unpaired) electrons. The van der Waals surface area contributed by atoms with Crippen LogP contribution in [0.3, 0.4) is 0 Å². The molecule has 1 N–H and O–H groups in total. The first kappa shape index (κ1) is 15.2. The van der Waals surface area contributed by atoms with Crippen molar-refractivity contribution < 1.29 is 4.74 Å². The predicted octanol–water partition coefficient (Wildman–Crippen LogP) is 2.44. The van der Waals surface area contributed by atoms with E-state index in [9.17, 15) is 0 Å². The van der Waals surface area contributed by atoms with Gasteiger partial charge in [0.15, 0.2) is 5.82 Å². The van der Waals surface area contributed by atoms with Crippen molar-refractivity contribution in [1.29, 1.82) is 0 Å². The van der Waals surface area contributed by atoms with Crippen LogP contribution in [-0.4, -0.2) is 44.8 Å². The molecule has 0 aromatic carbocycles. The summed E-state index contributed by atoms with van der Waals surface area (Å²) in [6.45, 7) is 4.27. The number of thiophene rings is 1. The van der Waals surface area contributed by atoms with Crippen LogP contribution in [0.2, 0.25) is 0 Å². The van der Waals surface area contributed by atoms with E-state index in [0.717, 1.165) is 48.2 Å². The summed E-state index contributed by atoms with van der Waals surface area (Å²) in [6.07, 6.45) is 5.98. The highest BCUT2D eigenvalue weighted by Crippen LogP contribution is 2.40. The van der Waals surface area contributed by atoms with Gasteiger partial charge in [-0.25, -0.2) is 15.0 Å². The van der Waals surface area contributed by atoms with Gasteiger partial charge in [-0.3, -0.25) is 5.10 Å². The number of hydrogen-bond acceptors (Lipinski definition) is 7. The summed E-state index contributed by atoms with van der Waals surface area (Å²) in [6, 6.07) is 0. The summed E-state index contributed by atoms with van der Waals surface area (Å²) in [4.78, 5) is 18.6. The number of H-pyrrole nitrogens is 1. The van der Waals surface area contributed by atoms with E-state index < -0.39 is 0 Å². The second-order valence-electron chi connectivity index (χ2n) is 6.53. The second-order valence-corrected chi connectivity index (χ2v) is 7.62. The zero-order chi connectivity index (χ0) is 16.8. The van der Waals surface area contributed by atoms with Gasteiger partial charge in [-0.2, -0.15) is 5.10 Å². The Kier molecular flexibility index (Phi) is 3.67. The maximum absolute atomic E-state index is 5.93. The molecular formula is C17H20N6OS. The van der Waals surface area contributed by atoms with Crippen LogP contribution in [-0.2, 0) is 24.0 Å². The molecule has 8 heteroatoms. The van der Waals surface area contributed by atoms with E-state index in [2.05, 4.69) is 37.0 Å². The molecule has 0 bridgehead atoms. The first-order chi connectivity index (χ1) is 12.3. The van der Waals surface area contributed by atoms with Crippen LogP contribution >= 0.6 is 11.3 Å². The fourth-order valence-corrected chi connectivity index (χ4v) is 4.99. The lowest BCUT2D eigenvalue weighted by Gasteiger charge is -2.32. The summed E-state index contributed by atoms with van der Waals surface area (Å²) in [5.74, 6) is 2.68. The number of rotatable bonds is 3. The summed E-state index contributed by atoms with van der Waals surface area (Å²) in [5, 5.41) is 8.57. The Labute approximate surface area is 149 Å².